The summed E-state index contributed by atoms with van der Waals surface area (Å²) >= 11 is 6.17. The first-order valence-electron chi connectivity index (χ1n) is 10.5. The number of hydrogen-bond donors (Lipinski definition) is 2. The zero-order valence-electron chi connectivity index (χ0n) is 18.8. The van der Waals surface area contributed by atoms with Gasteiger partial charge < -0.3 is 15.4 Å². The van der Waals surface area contributed by atoms with Crippen LogP contribution in [0.4, 0.5) is 17.1 Å². The van der Waals surface area contributed by atoms with Crippen molar-refractivity contribution in [2.24, 2.45) is 0 Å². The number of carbonyl (C=O) groups is 4. The van der Waals surface area contributed by atoms with Crippen molar-refractivity contribution in [3.63, 3.8) is 0 Å². The maximum Gasteiger partial charge on any atom is 0.337 e. The first-order chi connectivity index (χ1) is 16.8. The van der Waals surface area contributed by atoms with E-state index in [9.17, 15) is 19.2 Å². The Bertz CT molecular complexity index is 1360. The van der Waals surface area contributed by atoms with Crippen LogP contribution in [-0.4, -0.2) is 30.8 Å². The molecule has 3 amide bonds. The summed E-state index contributed by atoms with van der Waals surface area (Å²) in [4.78, 5) is 50.7. The number of benzene rings is 3. The van der Waals surface area contributed by atoms with E-state index in [2.05, 4.69) is 15.4 Å². The number of aryl methyl sites for hydroxylation is 1. The molecule has 0 fully saturated rings. The summed E-state index contributed by atoms with van der Waals surface area (Å²) in [5, 5.41) is 5.42. The number of esters is 1. The molecule has 3 aromatic carbocycles. The van der Waals surface area contributed by atoms with Gasteiger partial charge in [0, 0.05) is 16.9 Å². The molecular formula is C26H20ClN3O5. The highest BCUT2D eigenvalue weighted by molar-refractivity contribution is 6.53. The van der Waals surface area contributed by atoms with Gasteiger partial charge in [0.1, 0.15) is 10.7 Å². The Morgan fingerprint density at radius 3 is 2.14 bits per heavy atom. The van der Waals surface area contributed by atoms with E-state index in [-0.39, 0.29) is 27.9 Å². The number of nitrogens with one attached hydrogen (secondary N) is 2. The summed E-state index contributed by atoms with van der Waals surface area (Å²) in [5.41, 5.74) is 3.03. The van der Waals surface area contributed by atoms with Crippen LogP contribution in [0.15, 0.2) is 83.5 Å². The lowest BCUT2D eigenvalue weighted by atomic mass is 10.1. The molecule has 1 aliphatic rings. The minimum absolute atomic E-state index is 0.0920. The lowest BCUT2D eigenvalue weighted by Gasteiger charge is -2.15. The van der Waals surface area contributed by atoms with E-state index in [0.29, 0.717) is 16.9 Å². The van der Waals surface area contributed by atoms with E-state index in [1.807, 2.05) is 25.1 Å². The zero-order chi connectivity index (χ0) is 25.1. The van der Waals surface area contributed by atoms with Crippen molar-refractivity contribution in [1.82, 2.24) is 0 Å². The SMILES string of the molecule is COC(=O)c1ccc(N2C(=O)C(Cl)=C(Nc3ccc(C(=O)Nc4cccc(C)c4)cc3)C2=O)cc1. The second-order valence-corrected chi connectivity index (χ2v) is 8.08. The van der Waals surface area contributed by atoms with E-state index in [1.54, 1.807) is 30.3 Å². The Balaban J connectivity index is 1.47. The van der Waals surface area contributed by atoms with E-state index in [0.717, 1.165) is 10.5 Å². The van der Waals surface area contributed by atoms with Gasteiger partial charge in [0.2, 0.25) is 0 Å². The molecule has 0 spiro atoms. The average molecular weight is 490 g/mol. The highest BCUT2D eigenvalue weighted by atomic mass is 35.5. The Morgan fingerprint density at radius 1 is 0.857 bits per heavy atom. The number of carbonyl (C=O) groups excluding carboxylic acids is 4. The topological polar surface area (TPSA) is 105 Å². The minimum atomic E-state index is -0.695. The van der Waals surface area contributed by atoms with Crippen molar-refractivity contribution in [2.75, 3.05) is 22.6 Å². The molecule has 1 aliphatic heterocycles. The van der Waals surface area contributed by atoms with Gasteiger partial charge in [0.05, 0.1) is 18.4 Å². The molecule has 0 saturated carbocycles. The van der Waals surface area contributed by atoms with E-state index in [4.69, 9.17) is 11.6 Å². The van der Waals surface area contributed by atoms with Gasteiger partial charge in [-0.05, 0) is 73.2 Å². The van der Waals surface area contributed by atoms with Crippen molar-refractivity contribution >= 4 is 52.4 Å². The number of halogens is 1. The van der Waals surface area contributed by atoms with Gasteiger partial charge in [-0.25, -0.2) is 9.69 Å². The van der Waals surface area contributed by atoms with Gasteiger partial charge in [-0.3, -0.25) is 14.4 Å². The lowest BCUT2D eigenvalue weighted by molar-refractivity contribution is -0.120. The molecule has 8 nitrogen and oxygen atoms in total. The molecule has 0 aliphatic carbocycles. The largest absolute Gasteiger partial charge is 0.465 e. The van der Waals surface area contributed by atoms with Crippen molar-refractivity contribution < 1.29 is 23.9 Å². The Labute approximate surface area is 206 Å². The van der Waals surface area contributed by atoms with Crippen LogP contribution in [0.2, 0.25) is 0 Å². The fourth-order valence-electron chi connectivity index (χ4n) is 3.49. The number of nitrogens with zero attached hydrogens (tertiary/aromatic N) is 1. The van der Waals surface area contributed by atoms with Gasteiger partial charge in [0.25, 0.3) is 17.7 Å². The third kappa shape index (κ3) is 4.92. The number of imide groups is 1. The van der Waals surface area contributed by atoms with Crippen LogP contribution in [0, 0.1) is 6.92 Å². The van der Waals surface area contributed by atoms with E-state index in [1.165, 1.54) is 31.4 Å². The fourth-order valence-corrected chi connectivity index (χ4v) is 3.70. The van der Waals surface area contributed by atoms with Crippen molar-refractivity contribution in [1.29, 1.82) is 0 Å². The Morgan fingerprint density at radius 2 is 1.51 bits per heavy atom. The molecular weight excluding hydrogens is 470 g/mol. The third-order valence-electron chi connectivity index (χ3n) is 5.27. The lowest BCUT2D eigenvalue weighted by Crippen LogP contribution is -2.32. The smallest absolute Gasteiger partial charge is 0.337 e. The number of methoxy groups -OCH3 is 1. The Kier molecular flexibility index (Phi) is 6.66. The van der Waals surface area contributed by atoms with Crippen LogP contribution in [0.3, 0.4) is 0 Å². The van der Waals surface area contributed by atoms with Gasteiger partial charge >= 0.3 is 5.97 Å². The molecule has 1 heterocycles. The second-order valence-electron chi connectivity index (χ2n) is 7.70. The quantitative estimate of drug-likeness (QED) is 0.391. The average Bonchev–Trinajstić information content (AvgIpc) is 3.07. The summed E-state index contributed by atoms with van der Waals surface area (Å²) < 4.78 is 4.65. The highest BCUT2D eigenvalue weighted by Crippen LogP contribution is 2.30. The number of anilines is 3. The normalized spacial score (nSPS) is 13.2. The van der Waals surface area contributed by atoms with Crippen LogP contribution in [0.1, 0.15) is 26.3 Å². The molecule has 4 rings (SSSR count). The fraction of sp³-hybridized carbons (Fsp3) is 0.0769. The minimum Gasteiger partial charge on any atom is -0.465 e. The van der Waals surface area contributed by atoms with Crippen molar-refractivity contribution in [2.45, 2.75) is 6.92 Å². The van der Waals surface area contributed by atoms with Gasteiger partial charge in [0.15, 0.2) is 0 Å². The molecule has 0 saturated heterocycles. The predicted molar refractivity (Wildman–Crippen MR) is 132 cm³/mol. The Hall–Kier alpha value is -4.43. The van der Waals surface area contributed by atoms with Gasteiger partial charge in [-0.1, -0.05) is 23.7 Å². The van der Waals surface area contributed by atoms with Gasteiger partial charge in [-0.15, -0.1) is 0 Å². The van der Waals surface area contributed by atoms with Crippen LogP contribution < -0.4 is 15.5 Å². The summed E-state index contributed by atoms with van der Waals surface area (Å²) in [5.74, 6) is -2.16. The zero-order valence-corrected chi connectivity index (χ0v) is 19.6. The number of ether oxygens (including phenoxy) is 1. The molecule has 0 radical (unpaired) electrons. The standard InChI is InChI=1S/C26H20ClN3O5/c1-15-4-3-5-19(14-15)29-23(31)16-6-10-18(11-7-16)28-22-21(27)24(32)30(25(22)33)20-12-8-17(9-13-20)26(34)35-2/h3-14,28H,1-2H3,(H,29,31). The van der Waals surface area contributed by atoms with E-state index >= 15 is 0 Å². The first-order valence-corrected chi connectivity index (χ1v) is 10.9. The maximum atomic E-state index is 13.0. The summed E-state index contributed by atoms with van der Waals surface area (Å²) in [6.45, 7) is 1.93. The molecule has 2 N–H and O–H groups in total. The van der Waals surface area contributed by atoms with Crippen LogP contribution >= 0.6 is 11.6 Å². The van der Waals surface area contributed by atoms with E-state index < -0.39 is 17.8 Å². The molecule has 9 heteroatoms. The monoisotopic (exact) mass is 489 g/mol. The summed E-state index contributed by atoms with van der Waals surface area (Å²) in [6.07, 6.45) is 0. The summed E-state index contributed by atoms with van der Waals surface area (Å²) in [6, 6.07) is 19.6. The molecule has 176 valence electrons. The molecule has 0 unspecified atom stereocenters. The first kappa shape index (κ1) is 23.7. The van der Waals surface area contributed by atoms with Crippen molar-refractivity contribution in [3.05, 3.63) is 100 Å². The van der Waals surface area contributed by atoms with Crippen LogP contribution in [0.25, 0.3) is 0 Å². The molecule has 35 heavy (non-hydrogen) atoms. The maximum absolute atomic E-state index is 13.0. The summed E-state index contributed by atoms with van der Waals surface area (Å²) in [7, 11) is 1.26. The van der Waals surface area contributed by atoms with Crippen LogP contribution in [-0.2, 0) is 14.3 Å². The molecule has 0 atom stereocenters. The third-order valence-corrected chi connectivity index (χ3v) is 5.62. The number of hydrogen-bond acceptors (Lipinski definition) is 6. The number of rotatable bonds is 6. The molecule has 0 aromatic heterocycles. The second kappa shape index (κ2) is 9.82. The van der Waals surface area contributed by atoms with Gasteiger partial charge in [-0.2, -0.15) is 0 Å². The van der Waals surface area contributed by atoms with Crippen LogP contribution in [0.5, 0.6) is 0 Å². The molecule has 0 bridgehead atoms. The predicted octanol–water partition coefficient (Wildman–Crippen LogP) is 4.47. The molecule has 3 aromatic rings. The number of amides is 3. The highest BCUT2D eigenvalue weighted by Gasteiger charge is 2.39. The van der Waals surface area contributed by atoms with Crippen molar-refractivity contribution in [3.8, 4) is 0 Å².